The fourth-order valence-electron chi connectivity index (χ4n) is 3.26. The number of aromatic nitrogens is 2. The van der Waals surface area contributed by atoms with Crippen LogP contribution in [0.25, 0.3) is 0 Å². The summed E-state index contributed by atoms with van der Waals surface area (Å²) in [5.74, 6) is 0.221. The largest absolute Gasteiger partial charge is 0.354 e. The molecular formula is C25H34N6O4S2. The van der Waals surface area contributed by atoms with Crippen LogP contribution < -0.4 is 21.3 Å². The van der Waals surface area contributed by atoms with Gasteiger partial charge in [0.15, 0.2) is 0 Å². The first-order chi connectivity index (χ1) is 18.0. The van der Waals surface area contributed by atoms with E-state index in [2.05, 4.69) is 31.2 Å². The number of thioether (sulfide) groups is 2. The van der Waals surface area contributed by atoms with Crippen molar-refractivity contribution in [2.45, 2.75) is 31.3 Å². The van der Waals surface area contributed by atoms with Crippen LogP contribution in [0.1, 0.15) is 40.0 Å². The second kappa shape index (κ2) is 17.4. The maximum Gasteiger partial charge on any atom is 0.252 e. The highest BCUT2D eigenvalue weighted by atomic mass is 32.2. The number of carbonyl (C=O) groups excluding carboxylic acids is 4. The zero-order valence-corrected chi connectivity index (χ0v) is 22.7. The Labute approximate surface area is 225 Å². The summed E-state index contributed by atoms with van der Waals surface area (Å²) in [5.41, 5.74) is 0.874. The fraction of sp³-hybridized carbons (Fsp3) is 0.440. The molecule has 37 heavy (non-hydrogen) atoms. The van der Waals surface area contributed by atoms with Crippen molar-refractivity contribution in [2.75, 3.05) is 37.1 Å². The molecule has 0 radical (unpaired) electrons. The summed E-state index contributed by atoms with van der Waals surface area (Å²) in [6.45, 7) is 0.664. The number of hydrogen-bond acceptors (Lipinski definition) is 8. The average molecular weight is 547 g/mol. The molecule has 0 aliphatic rings. The van der Waals surface area contributed by atoms with E-state index in [1.54, 1.807) is 47.8 Å². The lowest BCUT2D eigenvalue weighted by atomic mass is 10.1. The molecule has 4 amide bonds. The van der Waals surface area contributed by atoms with Crippen LogP contribution in [-0.2, 0) is 9.59 Å². The number of hydrogen-bond donors (Lipinski definition) is 4. The van der Waals surface area contributed by atoms with Crippen molar-refractivity contribution in [1.29, 1.82) is 0 Å². The molecule has 0 saturated carbocycles. The quantitative estimate of drug-likeness (QED) is 0.232. The third-order valence-corrected chi connectivity index (χ3v) is 6.59. The van der Waals surface area contributed by atoms with Gasteiger partial charge in [-0.3, -0.25) is 29.1 Å². The first-order valence-electron chi connectivity index (χ1n) is 11.9. The molecule has 2 aromatic heterocycles. The number of nitrogens with zero attached hydrogens (tertiary/aromatic N) is 2. The lowest BCUT2D eigenvalue weighted by molar-refractivity contribution is -0.123. The molecule has 2 aromatic rings. The summed E-state index contributed by atoms with van der Waals surface area (Å²) in [6, 6.07) is 5.03. The van der Waals surface area contributed by atoms with Crippen LogP contribution in [0.4, 0.5) is 0 Å². The Morgan fingerprint density at radius 1 is 0.703 bits per heavy atom. The van der Waals surface area contributed by atoms with E-state index in [0.29, 0.717) is 55.0 Å². The van der Waals surface area contributed by atoms with Gasteiger partial charge in [0.1, 0.15) is 12.1 Å². The van der Waals surface area contributed by atoms with E-state index in [0.717, 1.165) is 0 Å². The Kier molecular flexibility index (Phi) is 14.1. The Morgan fingerprint density at radius 3 is 1.43 bits per heavy atom. The van der Waals surface area contributed by atoms with Crippen molar-refractivity contribution in [3.05, 3.63) is 60.2 Å². The lowest BCUT2D eigenvalue weighted by Crippen LogP contribution is -2.48. The van der Waals surface area contributed by atoms with Crippen molar-refractivity contribution < 1.29 is 19.2 Å². The Balaban J connectivity index is 1.80. The van der Waals surface area contributed by atoms with Gasteiger partial charge in [-0.15, -0.1) is 0 Å². The van der Waals surface area contributed by atoms with Crippen molar-refractivity contribution in [2.24, 2.45) is 0 Å². The van der Waals surface area contributed by atoms with Gasteiger partial charge in [-0.05, 0) is 67.5 Å². The lowest BCUT2D eigenvalue weighted by Gasteiger charge is -2.19. The van der Waals surface area contributed by atoms with Gasteiger partial charge in [0.25, 0.3) is 11.8 Å². The van der Waals surface area contributed by atoms with Gasteiger partial charge in [-0.2, -0.15) is 23.5 Å². The highest BCUT2D eigenvalue weighted by molar-refractivity contribution is 7.98. The third kappa shape index (κ3) is 11.2. The first kappa shape index (κ1) is 30.1. The molecule has 0 bridgehead atoms. The van der Waals surface area contributed by atoms with Crippen LogP contribution in [0.2, 0.25) is 0 Å². The van der Waals surface area contributed by atoms with Crippen LogP contribution in [0.15, 0.2) is 49.1 Å². The number of carbonyl (C=O) groups is 4. The zero-order chi connectivity index (χ0) is 26.9. The Bertz CT molecular complexity index is 918. The van der Waals surface area contributed by atoms with Gasteiger partial charge in [0, 0.05) is 49.0 Å². The standard InChI is InChI=1S/C25H34N6O4S2/c1-36-16-8-20(30-22(32)18-4-12-26-13-5-18)24(34)28-10-3-11-29-25(35)21(9-17-37-2)31-23(33)19-6-14-27-15-7-19/h4-7,12-15,20-21H,3,8-11,16-17H2,1-2H3,(H,28,34)(H,29,35)(H,30,32)(H,31,33)/t20-,21-/m0/s1. The maximum atomic E-state index is 12.7. The molecule has 0 aliphatic carbocycles. The van der Waals surface area contributed by atoms with Gasteiger partial charge in [0.05, 0.1) is 0 Å². The molecule has 0 spiro atoms. The van der Waals surface area contributed by atoms with Crippen molar-refractivity contribution in [3.8, 4) is 0 Å². The minimum atomic E-state index is -0.665. The molecule has 0 aromatic carbocycles. The predicted molar refractivity (Wildman–Crippen MR) is 148 cm³/mol. The Morgan fingerprint density at radius 2 is 1.08 bits per heavy atom. The van der Waals surface area contributed by atoms with Crippen molar-refractivity contribution in [3.63, 3.8) is 0 Å². The highest BCUT2D eigenvalue weighted by Gasteiger charge is 2.22. The molecule has 0 saturated heterocycles. The minimum absolute atomic E-state index is 0.273. The van der Waals surface area contributed by atoms with E-state index in [1.807, 2.05) is 12.5 Å². The van der Waals surface area contributed by atoms with E-state index >= 15 is 0 Å². The summed E-state index contributed by atoms with van der Waals surface area (Å²) in [4.78, 5) is 58.2. The summed E-state index contributed by atoms with van der Waals surface area (Å²) in [5, 5.41) is 11.2. The Hall–Kier alpha value is -3.12. The van der Waals surface area contributed by atoms with Crippen molar-refractivity contribution >= 4 is 47.2 Å². The monoisotopic (exact) mass is 546 g/mol. The van der Waals surface area contributed by atoms with Gasteiger partial charge < -0.3 is 21.3 Å². The topological polar surface area (TPSA) is 142 Å². The summed E-state index contributed by atoms with van der Waals surface area (Å²) in [6.07, 6.45) is 11.5. The fourth-order valence-corrected chi connectivity index (χ4v) is 4.20. The molecular weight excluding hydrogens is 512 g/mol. The van der Waals surface area contributed by atoms with Crippen LogP contribution in [-0.4, -0.2) is 82.8 Å². The van der Waals surface area contributed by atoms with E-state index in [1.165, 1.54) is 24.8 Å². The second-order valence-corrected chi connectivity index (χ2v) is 9.99. The number of nitrogens with one attached hydrogen (secondary N) is 4. The van der Waals surface area contributed by atoms with Crippen LogP contribution in [0, 0.1) is 0 Å². The van der Waals surface area contributed by atoms with Gasteiger partial charge in [-0.1, -0.05) is 0 Å². The second-order valence-electron chi connectivity index (χ2n) is 8.02. The van der Waals surface area contributed by atoms with Gasteiger partial charge in [0.2, 0.25) is 11.8 Å². The molecule has 0 fully saturated rings. The molecule has 0 aliphatic heterocycles. The van der Waals surface area contributed by atoms with E-state index in [4.69, 9.17) is 0 Å². The van der Waals surface area contributed by atoms with Gasteiger partial charge >= 0.3 is 0 Å². The molecule has 0 unspecified atom stereocenters. The van der Waals surface area contributed by atoms with E-state index in [-0.39, 0.29) is 23.6 Å². The molecule has 12 heteroatoms. The predicted octanol–water partition coefficient (Wildman–Crippen LogP) is 1.50. The van der Waals surface area contributed by atoms with Crippen molar-refractivity contribution in [1.82, 2.24) is 31.2 Å². The minimum Gasteiger partial charge on any atom is -0.354 e. The molecule has 2 heterocycles. The molecule has 10 nitrogen and oxygen atoms in total. The average Bonchev–Trinajstić information content (AvgIpc) is 2.93. The normalized spacial score (nSPS) is 12.2. The number of amides is 4. The van der Waals surface area contributed by atoms with Crippen LogP contribution >= 0.6 is 23.5 Å². The van der Waals surface area contributed by atoms with E-state index < -0.39 is 12.1 Å². The molecule has 2 rings (SSSR count). The summed E-state index contributed by atoms with van der Waals surface area (Å²) in [7, 11) is 0. The number of pyridine rings is 2. The zero-order valence-electron chi connectivity index (χ0n) is 21.1. The maximum absolute atomic E-state index is 12.7. The van der Waals surface area contributed by atoms with Gasteiger partial charge in [-0.25, -0.2) is 0 Å². The molecule has 4 N–H and O–H groups in total. The third-order valence-electron chi connectivity index (χ3n) is 5.30. The smallest absolute Gasteiger partial charge is 0.252 e. The summed E-state index contributed by atoms with van der Waals surface area (Å²) >= 11 is 3.19. The molecule has 2 atom stereocenters. The summed E-state index contributed by atoms with van der Waals surface area (Å²) < 4.78 is 0. The van der Waals surface area contributed by atoms with Crippen LogP contribution in [0.5, 0.6) is 0 Å². The SMILES string of the molecule is CSCC[C@H](NC(=O)c1ccncc1)C(=O)NCCCNC(=O)[C@H](CCSC)NC(=O)c1ccncc1. The number of rotatable bonds is 16. The van der Waals surface area contributed by atoms with Crippen LogP contribution in [0.3, 0.4) is 0 Å². The van der Waals surface area contributed by atoms with E-state index in [9.17, 15) is 19.2 Å². The first-order valence-corrected chi connectivity index (χ1v) is 14.7. The molecule has 200 valence electrons. The highest BCUT2D eigenvalue weighted by Crippen LogP contribution is 2.05.